The van der Waals surface area contributed by atoms with Gasteiger partial charge in [-0.1, -0.05) is 36.4 Å². The van der Waals surface area contributed by atoms with Gasteiger partial charge < -0.3 is 5.32 Å². The first-order chi connectivity index (χ1) is 7.72. The second-order valence-electron chi connectivity index (χ2n) is 3.51. The van der Waals surface area contributed by atoms with Gasteiger partial charge in [0.2, 0.25) is 0 Å². The second-order valence-corrected chi connectivity index (χ2v) is 3.51. The Morgan fingerprint density at radius 3 is 2.50 bits per heavy atom. The number of nitrogens with zero attached hydrogens (tertiary/aromatic N) is 1. The van der Waals surface area contributed by atoms with Crippen molar-refractivity contribution in [2.24, 2.45) is 0 Å². The van der Waals surface area contributed by atoms with Gasteiger partial charge in [-0.2, -0.15) is 0 Å². The monoisotopic (exact) mass is 216 g/mol. The molecule has 4 nitrogen and oxygen atoms in total. The van der Waals surface area contributed by atoms with Crippen molar-refractivity contribution in [1.29, 1.82) is 0 Å². The van der Waals surface area contributed by atoms with Crippen LogP contribution < -0.4 is 5.32 Å². The Bertz CT molecular complexity index is 451. The molecule has 0 bridgehead atoms. The molecule has 1 saturated heterocycles. The lowest BCUT2D eigenvalue weighted by Gasteiger charge is -2.11. The Morgan fingerprint density at radius 1 is 1.25 bits per heavy atom. The lowest BCUT2D eigenvalue weighted by atomic mass is 10.2. The summed E-state index contributed by atoms with van der Waals surface area (Å²) in [6.45, 7) is 2.03. The molecule has 0 spiro atoms. The van der Waals surface area contributed by atoms with Gasteiger partial charge in [0.15, 0.2) is 0 Å². The van der Waals surface area contributed by atoms with Crippen LogP contribution in [0.5, 0.6) is 0 Å². The molecule has 1 N–H and O–H groups in total. The van der Waals surface area contributed by atoms with Crippen molar-refractivity contribution in [3.63, 3.8) is 0 Å². The highest BCUT2D eigenvalue weighted by Crippen LogP contribution is 2.13. The van der Waals surface area contributed by atoms with Gasteiger partial charge in [-0.3, -0.25) is 9.69 Å². The maximum absolute atomic E-state index is 11.7. The summed E-state index contributed by atoms with van der Waals surface area (Å²) < 4.78 is 0. The number of carbonyl (C=O) groups excluding carboxylic acids is 2. The van der Waals surface area contributed by atoms with Crippen LogP contribution in [-0.2, 0) is 11.3 Å². The summed E-state index contributed by atoms with van der Waals surface area (Å²) in [6, 6.07) is 9.06. The van der Waals surface area contributed by atoms with Crippen molar-refractivity contribution in [3.8, 4) is 0 Å². The van der Waals surface area contributed by atoms with E-state index < -0.39 is 0 Å². The molecule has 0 saturated carbocycles. The molecule has 1 heterocycles. The van der Waals surface area contributed by atoms with E-state index in [1.807, 2.05) is 30.3 Å². The lowest BCUT2D eigenvalue weighted by Crippen LogP contribution is -2.30. The van der Waals surface area contributed by atoms with Gasteiger partial charge in [0.25, 0.3) is 5.91 Å². The number of rotatable bonds is 2. The molecule has 3 amide bonds. The molecule has 0 unspecified atom stereocenters. The normalized spacial score (nSPS) is 18.1. The molecular formula is C12H12N2O2. The number of urea groups is 1. The predicted molar refractivity (Wildman–Crippen MR) is 59.3 cm³/mol. The van der Waals surface area contributed by atoms with E-state index in [4.69, 9.17) is 0 Å². The highest BCUT2D eigenvalue weighted by Gasteiger charge is 2.32. The highest BCUT2D eigenvalue weighted by molar-refractivity contribution is 6.11. The molecule has 1 aliphatic heterocycles. The van der Waals surface area contributed by atoms with E-state index >= 15 is 0 Å². The third-order valence-electron chi connectivity index (χ3n) is 2.43. The van der Waals surface area contributed by atoms with E-state index in [-0.39, 0.29) is 11.9 Å². The number of hydrogen-bond acceptors (Lipinski definition) is 2. The van der Waals surface area contributed by atoms with E-state index in [9.17, 15) is 9.59 Å². The van der Waals surface area contributed by atoms with Crippen LogP contribution in [-0.4, -0.2) is 16.8 Å². The Hall–Kier alpha value is -2.10. The minimum Gasteiger partial charge on any atom is -0.303 e. The molecule has 1 aromatic carbocycles. The third-order valence-corrected chi connectivity index (χ3v) is 2.43. The summed E-state index contributed by atoms with van der Waals surface area (Å²) in [7, 11) is 0. The van der Waals surface area contributed by atoms with Gasteiger partial charge in [-0.25, -0.2) is 4.79 Å². The number of nitrogens with one attached hydrogen (secondary N) is 1. The van der Waals surface area contributed by atoms with Gasteiger partial charge >= 0.3 is 6.03 Å². The average Bonchev–Trinajstić information content (AvgIpc) is 2.58. The van der Waals surface area contributed by atoms with Gasteiger partial charge in [-0.05, 0) is 12.5 Å². The molecule has 0 atom stereocenters. The molecule has 4 heteroatoms. The SMILES string of the molecule is C/C=C1\NC(=O)N(Cc2ccccc2)C1=O. The Labute approximate surface area is 93.6 Å². The van der Waals surface area contributed by atoms with Crippen LogP contribution in [0.1, 0.15) is 12.5 Å². The molecule has 1 fully saturated rings. The first-order valence-corrected chi connectivity index (χ1v) is 5.05. The van der Waals surface area contributed by atoms with Crippen LogP contribution in [0.2, 0.25) is 0 Å². The molecule has 1 aliphatic rings. The Balaban J connectivity index is 2.17. The van der Waals surface area contributed by atoms with Crippen molar-refractivity contribution >= 4 is 11.9 Å². The van der Waals surface area contributed by atoms with Gasteiger partial charge in [0.05, 0.1) is 6.54 Å². The minimum absolute atomic E-state index is 0.267. The number of carbonyl (C=O) groups is 2. The van der Waals surface area contributed by atoms with Crippen molar-refractivity contribution in [3.05, 3.63) is 47.7 Å². The molecule has 0 radical (unpaired) electrons. The summed E-state index contributed by atoms with van der Waals surface area (Å²) in [5.74, 6) is -0.267. The lowest BCUT2D eigenvalue weighted by molar-refractivity contribution is -0.123. The number of imide groups is 1. The standard InChI is InChI=1S/C12H12N2O2/c1-2-10-11(15)14(12(16)13-10)8-9-6-4-3-5-7-9/h2-7H,8H2,1H3,(H,13,16)/b10-2-. The van der Waals surface area contributed by atoms with E-state index in [2.05, 4.69) is 5.32 Å². The van der Waals surface area contributed by atoms with Crippen LogP contribution >= 0.6 is 0 Å². The zero-order valence-corrected chi connectivity index (χ0v) is 8.93. The number of hydrogen-bond donors (Lipinski definition) is 1. The molecule has 0 aliphatic carbocycles. The van der Waals surface area contributed by atoms with Gasteiger partial charge in [0, 0.05) is 0 Å². The minimum atomic E-state index is -0.359. The largest absolute Gasteiger partial charge is 0.329 e. The maximum Gasteiger partial charge on any atom is 0.329 e. The van der Waals surface area contributed by atoms with E-state index in [0.717, 1.165) is 5.56 Å². The predicted octanol–water partition coefficient (Wildman–Crippen LogP) is 1.64. The van der Waals surface area contributed by atoms with Crippen LogP contribution in [0.25, 0.3) is 0 Å². The maximum atomic E-state index is 11.7. The summed E-state index contributed by atoms with van der Waals surface area (Å²) in [4.78, 5) is 24.4. The molecular weight excluding hydrogens is 204 g/mol. The summed E-state index contributed by atoms with van der Waals surface area (Å²) in [5, 5.41) is 2.52. The van der Waals surface area contributed by atoms with Crippen LogP contribution in [0, 0.1) is 0 Å². The third kappa shape index (κ3) is 1.82. The Morgan fingerprint density at radius 2 is 1.94 bits per heavy atom. The second kappa shape index (κ2) is 4.18. The van der Waals surface area contributed by atoms with Gasteiger partial charge in [0.1, 0.15) is 5.70 Å². The van der Waals surface area contributed by atoms with Crippen LogP contribution in [0.3, 0.4) is 0 Å². The molecule has 0 aromatic heterocycles. The molecule has 16 heavy (non-hydrogen) atoms. The van der Waals surface area contributed by atoms with E-state index in [0.29, 0.717) is 12.2 Å². The number of amides is 3. The molecule has 2 rings (SSSR count). The quantitative estimate of drug-likeness (QED) is 0.603. The summed E-state index contributed by atoms with van der Waals surface area (Å²) in [6.07, 6.45) is 1.60. The van der Waals surface area contributed by atoms with Gasteiger partial charge in [-0.15, -0.1) is 0 Å². The summed E-state index contributed by atoms with van der Waals surface area (Å²) >= 11 is 0. The molecule has 82 valence electrons. The number of allylic oxidation sites excluding steroid dienone is 1. The first-order valence-electron chi connectivity index (χ1n) is 5.05. The highest BCUT2D eigenvalue weighted by atomic mass is 16.2. The average molecular weight is 216 g/mol. The fourth-order valence-corrected chi connectivity index (χ4v) is 1.58. The zero-order chi connectivity index (χ0) is 11.5. The fourth-order valence-electron chi connectivity index (χ4n) is 1.58. The van der Waals surface area contributed by atoms with Crippen molar-refractivity contribution in [1.82, 2.24) is 10.2 Å². The van der Waals surface area contributed by atoms with Crippen molar-refractivity contribution in [2.45, 2.75) is 13.5 Å². The van der Waals surface area contributed by atoms with E-state index in [1.54, 1.807) is 13.0 Å². The fraction of sp³-hybridized carbons (Fsp3) is 0.167. The van der Waals surface area contributed by atoms with Crippen molar-refractivity contribution in [2.75, 3.05) is 0 Å². The van der Waals surface area contributed by atoms with Crippen LogP contribution in [0.15, 0.2) is 42.1 Å². The first kappa shape index (κ1) is 10.4. The van der Waals surface area contributed by atoms with Crippen LogP contribution in [0.4, 0.5) is 4.79 Å². The smallest absolute Gasteiger partial charge is 0.303 e. The number of benzene rings is 1. The topological polar surface area (TPSA) is 49.4 Å². The summed E-state index contributed by atoms with van der Waals surface area (Å²) in [5.41, 5.74) is 1.28. The van der Waals surface area contributed by atoms with Crippen molar-refractivity contribution < 1.29 is 9.59 Å². The molecule has 1 aromatic rings. The van der Waals surface area contributed by atoms with E-state index in [1.165, 1.54) is 4.90 Å². The Kier molecular flexibility index (Phi) is 2.72. The zero-order valence-electron chi connectivity index (χ0n) is 8.93.